The van der Waals surface area contributed by atoms with Crippen molar-refractivity contribution in [1.82, 2.24) is 9.55 Å². The third-order valence-corrected chi connectivity index (χ3v) is 4.26. The number of nitrogens with zero attached hydrogens (tertiary/aromatic N) is 3. The van der Waals surface area contributed by atoms with Gasteiger partial charge in [-0.25, -0.2) is 4.98 Å². The predicted octanol–water partition coefficient (Wildman–Crippen LogP) is 4.46. The molecule has 25 heavy (non-hydrogen) atoms. The largest absolute Gasteiger partial charge is 0.369 e. The summed E-state index contributed by atoms with van der Waals surface area (Å²) in [6, 6.07) is 24.4. The van der Waals surface area contributed by atoms with E-state index >= 15 is 0 Å². The number of imidazole rings is 1. The van der Waals surface area contributed by atoms with Gasteiger partial charge < -0.3 is 5.73 Å². The number of nitroso groups, excluding NO2 is 1. The Kier molecular flexibility index (Phi) is 3.74. The molecule has 5 heteroatoms. The van der Waals surface area contributed by atoms with Crippen molar-refractivity contribution in [3.8, 4) is 5.69 Å². The number of benzene rings is 3. The summed E-state index contributed by atoms with van der Waals surface area (Å²) in [5, 5.41) is 3.33. The highest BCUT2D eigenvalue weighted by Crippen LogP contribution is 2.30. The second kappa shape index (κ2) is 6.20. The molecule has 4 aromatic rings. The van der Waals surface area contributed by atoms with E-state index in [9.17, 15) is 4.91 Å². The first-order chi connectivity index (χ1) is 12.3. The highest BCUT2D eigenvalue weighted by atomic mass is 16.3. The minimum Gasteiger partial charge on any atom is -0.369 e. The summed E-state index contributed by atoms with van der Waals surface area (Å²) in [5.74, 6) is 0.411. The zero-order valence-electron chi connectivity index (χ0n) is 13.4. The van der Waals surface area contributed by atoms with Crippen molar-refractivity contribution in [3.05, 3.63) is 94.9 Å². The van der Waals surface area contributed by atoms with Gasteiger partial charge in [0.2, 0.25) is 5.95 Å². The van der Waals surface area contributed by atoms with E-state index in [1.165, 1.54) is 0 Å². The molecule has 1 atom stereocenters. The smallest absolute Gasteiger partial charge is 0.205 e. The van der Waals surface area contributed by atoms with Gasteiger partial charge in [0.05, 0.1) is 11.0 Å². The number of fused-ring (bicyclic) bond motifs is 1. The SMILES string of the molecule is Nc1nc2ccc(C(N=O)c3ccccc3)cc2n1-c1ccccc1. The summed E-state index contributed by atoms with van der Waals surface area (Å²) < 4.78 is 1.88. The number of aromatic nitrogens is 2. The summed E-state index contributed by atoms with van der Waals surface area (Å²) in [6.07, 6.45) is 0. The highest BCUT2D eigenvalue weighted by molar-refractivity contribution is 5.81. The van der Waals surface area contributed by atoms with Crippen LogP contribution in [0.4, 0.5) is 5.95 Å². The molecule has 0 amide bonds. The fraction of sp³-hybridized carbons (Fsp3) is 0.0500. The van der Waals surface area contributed by atoms with Gasteiger partial charge in [0.15, 0.2) is 0 Å². The van der Waals surface area contributed by atoms with Gasteiger partial charge in [-0.1, -0.05) is 59.8 Å². The molecule has 122 valence electrons. The van der Waals surface area contributed by atoms with E-state index < -0.39 is 6.04 Å². The number of para-hydroxylation sites is 1. The van der Waals surface area contributed by atoms with E-state index in [0.29, 0.717) is 5.95 Å². The van der Waals surface area contributed by atoms with Gasteiger partial charge >= 0.3 is 0 Å². The van der Waals surface area contributed by atoms with Gasteiger partial charge in [0.25, 0.3) is 0 Å². The number of rotatable bonds is 4. The third-order valence-electron chi connectivity index (χ3n) is 4.26. The molecule has 1 unspecified atom stereocenters. The minimum absolute atomic E-state index is 0.411. The Hall–Kier alpha value is -3.47. The van der Waals surface area contributed by atoms with Gasteiger partial charge in [-0.3, -0.25) is 4.57 Å². The fourth-order valence-corrected chi connectivity index (χ4v) is 3.08. The average molecular weight is 328 g/mol. The van der Waals surface area contributed by atoms with Crippen LogP contribution in [0.25, 0.3) is 16.7 Å². The molecular formula is C20H16N4O. The van der Waals surface area contributed by atoms with Crippen molar-refractivity contribution in [2.75, 3.05) is 5.73 Å². The predicted molar refractivity (Wildman–Crippen MR) is 99.6 cm³/mol. The molecule has 0 fully saturated rings. The molecule has 0 aliphatic carbocycles. The first kappa shape index (κ1) is 15.1. The summed E-state index contributed by atoms with van der Waals surface area (Å²) in [4.78, 5) is 15.9. The maximum atomic E-state index is 11.5. The fourth-order valence-electron chi connectivity index (χ4n) is 3.08. The maximum Gasteiger partial charge on any atom is 0.205 e. The molecule has 2 N–H and O–H groups in total. The van der Waals surface area contributed by atoms with Crippen LogP contribution in [0.1, 0.15) is 17.2 Å². The normalized spacial score (nSPS) is 12.2. The summed E-state index contributed by atoms with van der Waals surface area (Å²) in [7, 11) is 0. The molecule has 5 nitrogen and oxygen atoms in total. The van der Waals surface area contributed by atoms with Gasteiger partial charge in [-0.2, -0.15) is 0 Å². The third kappa shape index (κ3) is 2.65. The summed E-state index contributed by atoms with van der Waals surface area (Å²) >= 11 is 0. The van der Waals surface area contributed by atoms with Crippen LogP contribution >= 0.6 is 0 Å². The average Bonchev–Trinajstić information content (AvgIpc) is 2.99. The molecular weight excluding hydrogens is 312 g/mol. The Balaban J connectivity index is 1.89. The molecule has 1 heterocycles. The van der Waals surface area contributed by atoms with Crippen LogP contribution in [-0.2, 0) is 0 Å². The van der Waals surface area contributed by atoms with Gasteiger partial charge in [-0.15, -0.1) is 4.91 Å². The molecule has 1 aromatic heterocycles. The number of nitrogens with two attached hydrogens (primary N) is 1. The number of hydrogen-bond donors (Lipinski definition) is 1. The Morgan fingerprint density at radius 1 is 0.880 bits per heavy atom. The number of anilines is 1. The van der Waals surface area contributed by atoms with E-state index in [0.717, 1.165) is 27.8 Å². The highest BCUT2D eigenvalue weighted by Gasteiger charge is 2.17. The van der Waals surface area contributed by atoms with Crippen LogP contribution in [0.15, 0.2) is 84.0 Å². The standard InChI is InChI=1S/C20H16N4O/c21-20-22-17-12-11-15(19(23-25)14-7-3-1-4-8-14)13-18(17)24(20)16-9-5-2-6-10-16/h1-13,19H,(H2,21,22). The molecule has 0 saturated carbocycles. The summed E-state index contributed by atoms with van der Waals surface area (Å²) in [6.45, 7) is 0. The first-order valence-corrected chi connectivity index (χ1v) is 7.98. The number of nitrogen functional groups attached to an aromatic ring is 1. The molecule has 4 rings (SSSR count). The lowest BCUT2D eigenvalue weighted by Gasteiger charge is -2.11. The van der Waals surface area contributed by atoms with Crippen molar-refractivity contribution < 1.29 is 0 Å². The minimum atomic E-state index is -0.564. The van der Waals surface area contributed by atoms with Crippen LogP contribution in [0.3, 0.4) is 0 Å². The van der Waals surface area contributed by atoms with Gasteiger partial charge in [0.1, 0.15) is 6.04 Å². The molecule has 0 spiro atoms. The second-order valence-electron chi connectivity index (χ2n) is 5.81. The lowest BCUT2D eigenvalue weighted by atomic mass is 9.99. The molecule has 3 aromatic carbocycles. The van der Waals surface area contributed by atoms with Crippen LogP contribution < -0.4 is 5.73 Å². The monoisotopic (exact) mass is 328 g/mol. The molecule has 0 aliphatic heterocycles. The van der Waals surface area contributed by atoms with Crippen LogP contribution in [0.5, 0.6) is 0 Å². The Morgan fingerprint density at radius 2 is 1.56 bits per heavy atom. The molecule has 0 saturated heterocycles. The van der Waals surface area contributed by atoms with E-state index in [1.54, 1.807) is 0 Å². The molecule has 0 bridgehead atoms. The first-order valence-electron chi connectivity index (χ1n) is 7.98. The Morgan fingerprint density at radius 3 is 2.24 bits per heavy atom. The Bertz CT molecular complexity index is 1030. The van der Waals surface area contributed by atoms with Crippen molar-refractivity contribution in [3.63, 3.8) is 0 Å². The lowest BCUT2D eigenvalue weighted by molar-refractivity contribution is 0.864. The topological polar surface area (TPSA) is 73.3 Å². The van der Waals surface area contributed by atoms with E-state index in [-0.39, 0.29) is 0 Å². The second-order valence-corrected chi connectivity index (χ2v) is 5.81. The van der Waals surface area contributed by atoms with Crippen LogP contribution in [0, 0.1) is 4.91 Å². The zero-order chi connectivity index (χ0) is 17.2. The van der Waals surface area contributed by atoms with Gasteiger partial charge in [0, 0.05) is 5.69 Å². The zero-order valence-corrected chi connectivity index (χ0v) is 13.4. The van der Waals surface area contributed by atoms with Crippen LogP contribution in [-0.4, -0.2) is 9.55 Å². The Labute approximate surface area is 144 Å². The van der Waals surface area contributed by atoms with E-state index in [2.05, 4.69) is 10.2 Å². The maximum absolute atomic E-state index is 11.5. The van der Waals surface area contributed by atoms with Gasteiger partial charge in [-0.05, 0) is 35.4 Å². The van der Waals surface area contributed by atoms with Crippen molar-refractivity contribution in [2.45, 2.75) is 6.04 Å². The number of hydrogen-bond acceptors (Lipinski definition) is 4. The van der Waals surface area contributed by atoms with Crippen molar-refractivity contribution in [2.24, 2.45) is 5.18 Å². The van der Waals surface area contributed by atoms with Crippen molar-refractivity contribution >= 4 is 17.0 Å². The molecule has 0 radical (unpaired) electrons. The van der Waals surface area contributed by atoms with Crippen molar-refractivity contribution in [1.29, 1.82) is 0 Å². The summed E-state index contributed by atoms with van der Waals surface area (Å²) in [5.41, 5.74) is 10.3. The van der Waals surface area contributed by atoms with E-state index in [4.69, 9.17) is 5.73 Å². The molecule has 0 aliphatic rings. The van der Waals surface area contributed by atoms with Crippen LogP contribution in [0.2, 0.25) is 0 Å². The quantitative estimate of drug-likeness (QED) is 0.562. The van der Waals surface area contributed by atoms with E-state index in [1.807, 2.05) is 83.4 Å². The lowest BCUT2D eigenvalue weighted by Crippen LogP contribution is -2.01.